The Kier molecular flexibility index (Phi) is 4.12. The molecule has 0 aliphatic rings. The van der Waals surface area contributed by atoms with E-state index in [1.54, 1.807) is 0 Å². The van der Waals surface area contributed by atoms with Gasteiger partial charge in [-0.25, -0.2) is 4.98 Å². The van der Waals surface area contributed by atoms with E-state index in [0.717, 1.165) is 34.8 Å². The van der Waals surface area contributed by atoms with Crippen LogP contribution in [-0.2, 0) is 13.0 Å². The molecule has 1 heterocycles. The summed E-state index contributed by atoms with van der Waals surface area (Å²) >= 11 is 0. The predicted octanol–water partition coefficient (Wildman–Crippen LogP) is 2.91. The standard InChI is InChI=1S/C15H19N3O/c1-4-13-8-15(18-11(3)17-13)19-14-7-12(9-16)6-5-10(14)2/h5-8H,4,9,16H2,1-3H3. The normalized spacial score (nSPS) is 10.5. The van der Waals surface area contributed by atoms with Crippen molar-refractivity contribution in [2.75, 3.05) is 0 Å². The number of nitrogens with two attached hydrogens (primary N) is 1. The van der Waals surface area contributed by atoms with Crippen LogP contribution < -0.4 is 10.5 Å². The highest BCUT2D eigenvalue weighted by Gasteiger charge is 2.06. The van der Waals surface area contributed by atoms with Crippen LogP contribution in [0.25, 0.3) is 0 Å². The summed E-state index contributed by atoms with van der Waals surface area (Å²) in [5.74, 6) is 2.10. The van der Waals surface area contributed by atoms with Gasteiger partial charge in [0.05, 0.1) is 0 Å². The van der Waals surface area contributed by atoms with Gasteiger partial charge in [0.15, 0.2) is 0 Å². The number of benzene rings is 1. The monoisotopic (exact) mass is 257 g/mol. The highest BCUT2D eigenvalue weighted by Crippen LogP contribution is 2.25. The molecule has 0 fully saturated rings. The fourth-order valence-corrected chi connectivity index (χ4v) is 1.83. The SMILES string of the molecule is CCc1cc(Oc2cc(CN)ccc2C)nc(C)n1. The number of nitrogens with zero attached hydrogens (tertiary/aromatic N) is 2. The van der Waals surface area contributed by atoms with Crippen molar-refractivity contribution in [3.8, 4) is 11.6 Å². The van der Waals surface area contributed by atoms with E-state index in [-0.39, 0.29) is 0 Å². The molecule has 100 valence electrons. The highest BCUT2D eigenvalue weighted by atomic mass is 16.5. The van der Waals surface area contributed by atoms with Crippen LogP contribution >= 0.6 is 0 Å². The molecular weight excluding hydrogens is 238 g/mol. The molecule has 2 rings (SSSR count). The molecule has 0 saturated heterocycles. The third kappa shape index (κ3) is 3.29. The molecule has 0 amide bonds. The zero-order valence-corrected chi connectivity index (χ0v) is 11.6. The summed E-state index contributed by atoms with van der Waals surface area (Å²) in [6, 6.07) is 7.84. The molecule has 0 radical (unpaired) electrons. The summed E-state index contributed by atoms with van der Waals surface area (Å²) in [7, 11) is 0. The molecule has 0 atom stereocenters. The van der Waals surface area contributed by atoms with Gasteiger partial charge in [0.2, 0.25) is 5.88 Å². The Balaban J connectivity index is 2.32. The first-order valence-corrected chi connectivity index (χ1v) is 6.44. The fourth-order valence-electron chi connectivity index (χ4n) is 1.83. The van der Waals surface area contributed by atoms with Crippen molar-refractivity contribution in [2.24, 2.45) is 5.73 Å². The molecule has 1 aromatic heterocycles. The van der Waals surface area contributed by atoms with Crippen molar-refractivity contribution in [1.29, 1.82) is 0 Å². The van der Waals surface area contributed by atoms with Crippen LogP contribution in [0.5, 0.6) is 11.6 Å². The smallest absolute Gasteiger partial charge is 0.222 e. The lowest BCUT2D eigenvalue weighted by molar-refractivity contribution is 0.454. The zero-order chi connectivity index (χ0) is 13.8. The molecule has 0 bridgehead atoms. The van der Waals surface area contributed by atoms with Crippen molar-refractivity contribution in [2.45, 2.75) is 33.7 Å². The van der Waals surface area contributed by atoms with Crippen LogP contribution in [0.15, 0.2) is 24.3 Å². The maximum Gasteiger partial charge on any atom is 0.222 e. The van der Waals surface area contributed by atoms with E-state index in [0.29, 0.717) is 12.4 Å². The summed E-state index contributed by atoms with van der Waals surface area (Å²) in [5.41, 5.74) is 8.74. The molecule has 2 aromatic rings. The second-order valence-electron chi connectivity index (χ2n) is 4.50. The third-order valence-electron chi connectivity index (χ3n) is 2.93. The van der Waals surface area contributed by atoms with E-state index in [1.807, 2.05) is 38.1 Å². The van der Waals surface area contributed by atoms with Crippen molar-refractivity contribution >= 4 is 0 Å². The summed E-state index contributed by atoms with van der Waals surface area (Å²) in [6.45, 7) is 6.44. The lowest BCUT2D eigenvalue weighted by Crippen LogP contribution is -2.00. The van der Waals surface area contributed by atoms with Crippen LogP contribution in [-0.4, -0.2) is 9.97 Å². The van der Waals surface area contributed by atoms with Gasteiger partial charge in [-0.3, -0.25) is 0 Å². The largest absolute Gasteiger partial charge is 0.439 e. The predicted molar refractivity (Wildman–Crippen MR) is 75.3 cm³/mol. The number of aryl methyl sites for hydroxylation is 3. The Morgan fingerprint density at radius 2 is 1.95 bits per heavy atom. The topological polar surface area (TPSA) is 61.0 Å². The van der Waals surface area contributed by atoms with Crippen LogP contribution in [0.4, 0.5) is 0 Å². The maximum atomic E-state index is 5.87. The van der Waals surface area contributed by atoms with Crippen molar-refractivity contribution < 1.29 is 4.74 Å². The lowest BCUT2D eigenvalue weighted by Gasteiger charge is -2.10. The molecule has 4 nitrogen and oxygen atoms in total. The summed E-state index contributed by atoms with van der Waals surface area (Å²) in [6.07, 6.45) is 0.863. The van der Waals surface area contributed by atoms with E-state index in [9.17, 15) is 0 Å². The number of hydrogen-bond donors (Lipinski definition) is 1. The Morgan fingerprint density at radius 1 is 1.16 bits per heavy atom. The van der Waals surface area contributed by atoms with Crippen molar-refractivity contribution in [3.05, 3.63) is 46.9 Å². The summed E-state index contributed by atoms with van der Waals surface area (Å²) < 4.78 is 5.87. The number of aromatic nitrogens is 2. The third-order valence-corrected chi connectivity index (χ3v) is 2.93. The number of ether oxygens (including phenoxy) is 1. The van der Waals surface area contributed by atoms with Gasteiger partial charge in [0.1, 0.15) is 11.6 Å². The Morgan fingerprint density at radius 3 is 2.63 bits per heavy atom. The molecule has 0 saturated carbocycles. The van der Waals surface area contributed by atoms with Gasteiger partial charge in [-0.15, -0.1) is 0 Å². The Bertz CT molecular complexity index is 582. The Labute approximate surface area is 113 Å². The van der Waals surface area contributed by atoms with Gasteiger partial charge >= 0.3 is 0 Å². The van der Waals surface area contributed by atoms with Gasteiger partial charge < -0.3 is 10.5 Å². The maximum absolute atomic E-state index is 5.87. The molecule has 4 heteroatoms. The minimum atomic E-state index is 0.500. The minimum Gasteiger partial charge on any atom is -0.439 e. The molecule has 19 heavy (non-hydrogen) atoms. The van der Waals surface area contributed by atoms with E-state index in [4.69, 9.17) is 10.5 Å². The van der Waals surface area contributed by atoms with Gasteiger partial charge in [-0.2, -0.15) is 4.98 Å². The van der Waals surface area contributed by atoms with Gasteiger partial charge in [-0.1, -0.05) is 19.1 Å². The van der Waals surface area contributed by atoms with E-state index in [1.165, 1.54) is 0 Å². The first kappa shape index (κ1) is 13.5. The van der Waals surface area contributed by atoms with Crippen LogP contribution in [0.2, 0.25) is 0 Å². The Hall–Kier alpha value is -1.94. The molecule has 0 aliphatic heterocycles. The first-order valence-electron chi connectivity index (χ1n) is 6.44. The minimum absolute atomic E-state index is 0.500. The van der Waals surface area contributed by atoms with E-state index < -0.39 is 0 Å². The second-order valence-corrected chi connectivity index (χ2v) is 4.50. The molecule has 0 spiro atoms. The summed E-state index contributed by atoms with van der Waals surface area (Å²) in [4.78, 5) is 8.65. The van der Waals surface area contributed by atoms with Crippen LogP contribution in [0.1, 0.15) is 29.6 Å². The molecule has 0 aliphatic carbocycles. The van der Waals surface area contributed by atoms with E-state index in [2.05, 4.69) is 16.9 Å². The van der Waals surface area contributed by atoms with Gasteiger partial charge in [-0.05, 0) is 37.5 Å². The van der Waals surface area contributed by atoms with Crippen LogP contribution in [0, 0.1) is 13.8 Å². The zero-order valence-electron chi connectivity index (χ0n) is 11.6. The first-order chi connectivity index (χ1) is 9.12. The second kappa shape index (κ2) is 5.80. The van der Waals surface area contributed by atoms with Crippen LogP contribution in [0.3, 0.4) is 0 Å². The average molecular weight is 257 g/mol. The van der Waals surface area contributed by atoms with Gasteiger partial charge in [0, 0.05) is 18.3 Å². The molecule has 2 N–H and O–H groups in total. The summed E-state index contributed by atoms with van der Waals surface area (Å²) in [5, 5.41) is 0. The van der Waals surface area contributed by atoms with Crippen molar-refractivity contribution in [1.82, 2.24) is 9.97 Å². The molecular formula is C15H19N3O. The molecule has 1 aromatic carbocycles. The van der Waals surface area contributed by atoms with E-state index >= 15 is 0 Å². The average Bonchev–Trinajstić information content (AvgIpc) is 2.40. The highest BCUT2D eigenvalue weighted by molar-refractivity contribution is 5.39. The molecule has 0 unspecified atom stereocenters. The number of hydrogen-bond acceptors (Lipinski definition) is 4. The van der Waals surface area contributed by atoms with Crippen molar-refractivity contribution in [3.63, 3.8) is 0 Å². The quantitative estimate of drug-likeness (QED) is 0.914. The van der Waals surface area contributed by atoms with Gasteiger partial charge in [0.25, 0.3) is 0 Å². The fraction of sp³-hybridized carbons (Fsp3) is 0.333. The number of rotatable bonds is 4. The lowest BCUT2D eigenvalue weighted by atomic mass is 10.1.